The summed E-state index contributed by atoms with van der Waals surface area (Å²) in [5.74, 6) is 0.691. The summed E-state index contributed by atoms with van der Waals surface area (Å²) in [7, 11) is 0. The molecule has 1 aliphatic carbocycles. The van der Waals surface area contributed by atoms with E-state index in [4.69, 9.17) is 5.73 Å². The van der Waals surface area contributed by atoms with Crippen LogP contribution in [-0.2, 0) is 11.8 Å². The maximum Gasteiger partial charge on any atom is 0.148 e. The molecule has 0 bridgehead atoms. The van der Waals surface area contributed by atoms with Gasteiger partial charge in [-0.15, -0.1) is 0 Å². The molecule has 0 radical (unpaired) electrons. The van der Waals surface area contributed by atoms with Crippen molar-refractivity contribution in [3.63, 3.8) is 0 Å². The third kappa shape index (κ3) is 1.36. The molecule has 1 fully saturated rings. The first-order chi connectivity index (χ1) is 6.92. The molecule has 1 saturated carbocycles. The van der Waals surface area contributed by atoms with Crippen molar-refractivity contribution >= 4 is 5.82 Å². The number of nitrogens with two attached hydrogens (primary N) is 1. The lowest BCUT2D eigenvalue weighted by atomic mass is 9.90. The van der Waals surface area contributed by atoms with Gasteiger partial charge in [0.1, 0.15) is 5.82 Å². The molecular weight excluding hydrogens is 186 g/mol. The number of aromatic amines is 1. The fraction of sp³-hybridized carbons (Fsp3) is 0.750. The lowest BCUT2D eigenvalue weighted by Crippen LogP contribution is -2.12. The Morgan fingerprint density at radius 1 is 1.40 bits per heavy atom. The van der Waals surface area contributed by atoms with Crippen molar-refractivity contribution in [2.75, 3.05) is 5.73 Å². The molecule has 0 amide bonds. The standard InChI is InChI=1S/C12H21N3/c1-5-6-8-9(14-15-10(8)13)12(4)7-11(12,2)3/h5-7H2,1-4H3,(H3,13,14,15). The molecule has 3 N–H and O–H groups in total. The van der Waals surface area contributed by atoms with Crippen molar-refractivity contribution in [2.45, 2.75) is 52.4 Å². The Labute approximate surface area is 91.4 Å². The third-order valence-electron chi connectivity index (χ3n) is 4.12. The van der Waals surface area contributed by atoms with Crippen LogP contribution in [0.3, 0.4) is 0 Å². The first-order valence-corrected chi connectivity index (χ1v) is 5.75. The van der Waals surface area contributed by atoms with E-state index >= 15 is 0 Å². The van der Waals surface area contributed by atoms with Crippen molar-refractivity contribution in [2.24, 2.45) is 5.41 Å². The van der Waals surface area contributed by atoms with Crippen LogP contribution in [0.25, 0.3) is 0 Å². The van der Waals surface area contributed by atoms with Gasteiger partial charge in [0.25, 0.3) is 0 Å². The minimum absolute atomic E-state index is 0.252. The second kappa shape index (κ2) is 3.00. The molecular formula is C12H21N3. The monoisotopic (exact) mass is 207 g/mol. The highest BCUT2D eigenvalue weighted by molar-refractivity contribution is 5.48. The molecule has 15 heavy (non-hydrogen) atoms. The summed E-state index contributed by atoms with van der Waals surface area (Å²) >= 11 is 0. The van der Waals surface area contributed by atoms with Gasteiger partial charge in [0.05, 0.1) is 0 Å². The predicted octanol–water partition coefficient (Wildman–Crippen LogP) is 2.63. The van der Waals surface area contributed by atoms with Gasteiger partial charge in [-0.05, 0) is 18.3 Å². The van der Waals surface area contributed by atoms with Gasteiger partial charge >= 0.3 is 0 Å². The quantitative estimate of drug-likeness (QED) is 0.800. The van der Waals surface area contributed by atoms with E-state index in [0.29, 0.717) is 11.2 Å². The summed E-state index contributed by atoms with van der Waals surface area (Å²) in [5.41, 5.74) is 9.05. The molecule has 3 heteroatoms. The zero-order chi connectivity index (χ0) is 11.3. The number of nitrogen functional groups attached to an aromatic ring is 1. The van der Waals surface area contributed by atoms with E-state index in [1.165, 1.54) is 17.7 Å². The fourth-order valence-electron chi connectivity index (χ4n) is 2.61. The van der Waals surface area contributed by atoms with Crippen LogP contribution in [0.4, 0.5) is 5.82 Å². The first-order valence-electron chi connectivity index (χ1n) is 5.75. The molecule has 1 aliphatic rings. The number of anilines is 1. The van der Waals surface area contributed by atoms with E-state index in [0.717, 1.165) is 12.8 Å². The van der Waals surface area contributed by atoms with Gasteiger partial charge in [0.2, 0.25) is 0 Å². The van der Waals surface area contributed by atoms with E-state index in [9.17, 15) is 0 Å². The number of hydrogen-bond donors (Lipinski definition) is 2. The maximum atomic E-state index is 5.90. The van der Waals surface area contributed by atoms with Crippen LogP contribution in [0.1, 0.15) is 51.8 Å². The summed E-state index contributed by atoms with van der Waals surface area (Å²) in [6.07, 6.45) is 3.37. The van der Waals surface area contributed by atoms with Gasteiger partial charge in [-0.2, -0.15) is 5.10 Å². The zero-order valence-corrected chi connectivity index (χ0v) is 10.1. The number of H-pyrrole nitrogens is 1. The number of nitrogens with one attached hydrogen (secondary N) is 1. The SMILES string of the molecule is CCCc1c(N)n[nH]c1C1(C)CC1(C)C. The van der Waals surface area contributed by atoms with Gasteiger partial charge in [0.15, 0.2) is 0 Å². The minimum Gasteiger partial charge on any atom is -0.382 e. The van der Waals surface area contributed by atoms with Crippen LogP contribution in [0.15, 0.2) is 0 Å². The van der Waals surface area contributed by atoms with Gasteiger partial charge in [-0.25, -0.2) is 0 Å². The van der Waals surface area contributed by atoms with Crippen LogP contribution in [-0.4, -0.2) is 10.2 Å². The maximum absolute atomic E-state index is 5.90. The van der Waals surface area contributed by atoms with Gasteiger partial charge in [-0.1, -0.05) is 34.1 Å². The lowest BCUT2D eigenvalue weighted by Gasteiger charge is -2.15. The molecule has 3 nitrogen and oxygen atoms in total. The zero-order valence-electron chi connectivity index (χ0n) is 10.1. The molecule has 1 heterocycles. The molecule has 0 aromatic carbocycles. The average molecular weight is 207 g/mol. The predicted molar refractivity (Wildman–Crippen MR) is 62.7 cm³/mol. The molecule has 1 unspecified atom stereocenters. The molecule has 0 aliphatic heterocycles. The van der Waals surface area contributed by atoms with Crippen molar-refractivity contribution < 1.29 is 0 Å². The Balaban J connectivity index is 2.38. The summed E-state index contributed by atoms with van der Waals surface area (Å²) in [5, 5.41) is 7.30. The Bertz CT molecular complexity index is 378. The highest BCUT2D eigenvalue weighted by atomic mass is 15.2. The second-order valence-electron chi connectivity index (χ2n) is 5.61. The molecule has 84 valence electrons. The topological polar surface area (TPSA) is 54.7 Å². The van der Waals surface area contributed by atoms with Crippen LogP contribution < -0.4 is 5.73 Å². The van der Waals surface area contributed by atoms with Crippen molar-refractivity contribution in [3.8, 4) is 0 Å². The van der Waals surface area contributed by atoms with Gasteiger partial charge < -0.3 is 5.73 Å². The van der Waals surface area contributed by atoms with Crippen molar-refractivity contribution in [1.82, 2.24) is 10.2 Å². The Morgan fingerprint density at radius 3 is 2.47 bits per heavy atom. The Kier molecular flexibility index (Phi) is 2.11. The summed E-state index contributed by atoms with van der Waals surface area (Å²) in [6, 6.07) is 0. The number of aromatic nitrogens is 2. The average Bonchev–Trinajstić information content (AvgIpc) is 2.50. The first kappa shape index (κ1) is 10.5. The molecule has 1 aromatic rings. The van der Waals surface area contributed by atoms with Crippen LogP contribution in [0.5, 0.6) is 0 Å². The highest BCUT2D eigenvalue weighted by Crippen LogP contribution is 2.64. The molecule has 0 saturated heterocycles. The minimum atomic E-state index is 0.252. The number of rotatable bonds is 3. The highest BCUT2D eigenvalue weighted by Gasteiger charge is 2.60. The largest absolute Gasteiger partial charge is 0.382 e. The van der Waals surface area contributed by atoms with Crippen LogP contribution in [0.2, 0.25) is 0 Å². The second-order valence-corrected chi connectivity index (χ2v) is 5.61. The molecule has 1 atom stereocenters. The Hall–Kier alpha value is -0.990. The Morgan fingerprint density at radius 2 is 2.00 bits per heavy atom. The summed E-state index contributed by atoms with van der Waals surface area (Å²) in [4.78, 5) is 0. The smallest absolute Gasteiger partial charge is 0.148 e. The van der Waals surface area contributed by atoms with Crippen LogP contribution >= 0.6 is 0 Å². The van der Waals surface area contributed by atoms with Crippen LogP contribution in [0, 0.1) is 5.41 Å². The number of hydrogen-bond acceptors (Lipinski definition) is 2. The fourth-order valence-corrected chi connectivity index (χ4v) is 2.61. The van der Waals surface area contributed by atoms with E-state index in [2.05, 4.69) is 37.9 Å². The van der Waals surface area contributed by atoms with Gasteiger partial charge in [-0.3, -0.25) is 5.10 Å². The van der Waals surface area contributed by atoms with Crippen molar-refractivity contribution in [3.05, 3.63) is 11.3 Å². The van der Waals surface area contributed by atoms with E-state index in [1.54, 1.807) is 0 Å². The molecule has 1 aromatic heterocycles. The molecule has 2 rings (SSSR count). The molecule has 0 spiro atoms. The summed E-state index contributed by atoms with van der Waals surface area (Å²) in [6.45, 7) is 9.09. The summed E-state index contributed by atoms with van der Waals surface area (Å²) < 4.78 is 0. The third-order valence-corrected chi connectivity index (χ3v) is 4.12. The van der Waals surface area contributed by atoms with Gasteiger partial charge in [0, 0.05) is 16.7 Å². The van der Waals surface area contributed by atoms with E-state index in [1.807, 2.05) is 0 Å². The lowest BCUT2D eigenvalue weighted by molar-refractivity contribution is 0.514. The van der Waals surface area contributed by atoms with E-state index < -0.39 is 0 Å². The number of nitrogens with zero attached hydrogens (tertiary/aromatic N) is 1. The van der Waals surface area contributed by atoms with Crippen molar-refractivity contribution in [1.29, 1.82) is 0 Å². The normalized spacial score (nSPS) is 28.0. The van der Waals surface area contributed by atoms with E-state index in [-0.39, 0.29) is 5.41 Å².